The predicted octanol–water partition coefficient (Wildman–Crippen LogP) is 4.13. The highest BCUT2D eigenvalue weighted by molar-refractivity contribution is 7.90. The van der Waals surface area contributed by atoms with E-state index >= 15 is 0 Å². The number of rotatable bonds is 3. The molecule has 4 nitrogen and oxygen atoms in total. The predicted molar refractivity (Wildman–Crippen MR) is 103 cm³/mol. The van der Waals surface area contributed by atoms with Gasteiger partial charge in [-0.15, -0.1) is 0 Å². The fourth-order valence-electron chi connectivity index (χ4n) is 3.71. The van der Waals surface area contributed by atoms with E-state index in [0.29, 0.717) is 4.90 Å². The summed E-state index contributed by atoms with van der Waals surface area (Å²) < 4.78 is 25.7. The van der Waals surface area contributed by atoms with Crippen molar-refractivity contribution < 1.29 is 13.5 Å². The van der Waals surface area contributed by atoms with Gasteiger partial charge in [0.15, 0.2) is 9.84 Å². The summed E-state index contributed by atoms with van der Waals surface area (Å²) in [5.41, 5.74) is 5.54. The number of aromatic nitrogens is 1. The molecule has 4 rings (SSSR count). The van der Waals surface area contributed by atoms with Crippen LogP contribution in [-0.4, -0.2) is 24.3 Å². The Bertz CT molecular complexity index is 1060. The summed E-state index contributed by atoms with van der Waals surface area (Å²) in [6, 6.07) is 16.5. The first-order chi connectivity index (χ1) is 12.4. The molecule has 0 bridgehead atoms. The highest BCUT2D eigenvalue weighted by atomic mass is 32.2. The average molecular weight is 367 g/mol. The lowest BCUT2D eigenvalue weighted by molar-refractivity contribution is 0.475. The highest BCUT2D eigenvalue weighted by Gasteiger charge is 2.20. The first-order valence-electron chi connectivity index (χ1n) is 8.77. The van der Waals surface area contributed by atoms with Crippen LogP contribution < -0.4 is 0 Å². The molecule has 5 heteroatoms. The largest absolute Gasteiger partial charge is 0.508 e. The standard InChI is InChI=1S/C21H21NO3S/c1-26(24,25)19-11-9-15(10-12-19)21-13-16-5-2-3-8-20(16)22(21)17-6-4-7-18(23)14-17/h4,6-7,9-14,23H,2-3,5,8H2,1H3. The number of phenols is 1. The summed E-state index contributed by atoms with van der Waals surface area (Å²) in [7, 11) is -3.21. The van der Waals surface area contributed by atoms with Gasteiger partial charge >= 0.3 is 0 Å². The molecule has 0 fully saturated rings. The van der Waals surface area contributed by atoms with Crippen LogP contribution in [0.3, 0.4) is 0 Å². The van der Waals surface area contributed by atoms with Crippen LogP contribution >= 0.6 is 0 Å². The Morgan fingerprint density at radius 3 is 2.38 bits per heavy atom. The second-order valence-electron chi connectivity index (χ2n) is 6.86. The van der Waals surface area contributed by atoms with Crippen molar-refractivity contribution in [2.45, 2.75) is 30.6 Å². The molecule has 1 N–H and O–H groups in total. The van der Waals surface area contributed by atoms with Gasteiger partial charge in [0, 0.05) is 23.7 Å². The molecule has 0 atom stereocenters. The van der Waals surface area contributed by atoms with Crippen LogP contribution in [0.15, 0.2) is 59.5 Å². The average Bonchev–Trinajstić information content (AvgIpc) is 3.00. The molecule has 1 aromatic heterocycles. The van der Waals surface area contributed by atoms with Crippen LogP contribution in [0.5, 0.6) is 5.75 Å². The van der Waals surface area contributed by atoms with E-state index < -0.39 is 9.84 Å². The van der Waals surface area contributed by atoms with E-state index in [1.54, 1.807) is 24.3 Å². The number of aromatic hydroxyl groups is 1. The first kappa shape index (κ1) is 16.9. The van der Waals surface area contributed by atoms with E-state index in [0.717, 1.165) is 36.2 Å². The molecule has 3 aromatic rings. The van der Waals surface area contributed by atoms with Crippen LogP contribution in [0.25, 0.3) is 16.9 Å². The summed E-state index contributed by atoms with van der Waals surface area (Å²) in [5, 5.41) is 9.92. The molecular weight excluding hydrogens is 346 g/mol. The highest BCUT2D eigenvalue weighted by Crippen LogP contribution is 2.34. The van der Waals surface area contributed by atoms with Gasteiger partial charge in [0.2, 0.25) is 0 Å². The van der Waals surface area contributed by atoms with Crippen LogP contribution in [-0.2, 0) is 22.7 Å². The molecule has 1 heterocycles. The minimum absolute atomic E-state index is 0.235. The summed E-state index contributed by atoms with van der Waals surface area (Å²) in [5.74, 6) is 0.235. The van der Waals surface area contributed by atoms with Gasteiger partial charge in [-0.2, -0.15) is 0 Å². The minimum atomic E-state index is -3.21. The normalized spacial score (nSPS) is 14.2. The van der Waals surface area contributed by atoms with Crippen molar-refractivity contribution in [3.63, 3.8) is 0 Å². The molecule has 26 heavy (non-hydrogen) atoms. The lowest BCUT2D eigenvalue weighted by Gasteiger charge is -2.18. The van der Waals surface area contributed by atoms with E-state index in [2.05, 4.69) is 10.6 Å². The SMILES string of the molecule is CS(=O)(=O)c1ccc(-c2cc3c(n2-c2cccc(O)c2)CCCC3)cc1. The molecule has 0 unspecified atom stereocenters. The topological polar surface area (TPSA) is 59.3 Å². The smallest absolute Gasteiger partial charge is 0.175 e. The van der Waals surface area contributed by atoms with Crippen LogP contribution in [0, 0.1) is 0 Å². The second kappa shape index (κ2) is 6.32. The third-order valence-corrected chi connectivity index (χ3v) is 6.10. The maximum Gasteiger partial charge on any atom is 0.175 e. The van der Waals surface area contributed by atoms with Gasteiger partial charge in [-0.05, 0) is 67.1 Å². The molecule has 1 aliphatic carbocycles. The minimum Gasteiger partial charge on any atom is -0.508 e. The molecule has 134 valence electrons. The monoisotopic (exact) mass is 367 g/mol. The van der Waals surface area contributed by atoms with Crippen molar-refractivity contribution in [2.75, 3.05) is 6.26 Å². The van der Waals surface area contributed by atoms with E-state index in [1.165, 1.54) is 23.9 Å². The van der Waals surface area contributed by atoms with E-state index in [-0.39, 0.29) is 5.75 Å². The Balaban J connectivity index is 1.90. The summed E-state index contributed by atoms with van der Waals surface area (Å²) in [6.45, 7) is 0. The van der Waals surface area contributed by atoms with Crippen molar-refractivity contribution in [1.29, 1.82) is 0 Å². The van der Waals surface area contributed by atoms with E-state index in [1.807, 2.05) is 24.3 Å². The zero-order valence-electron chi connectivity index (χ0n) is 14.6. The van der Waals surface area contributed by atoms with Crippen molar-refractivity contribution in [2.24, 2.45) is 0 Å². The van der Waals surface area contributed by atoms with Gasteiger partial charge in [0.1, 0.15) is 5.75 Å². The maximum atomic E-state index is 11.7. The Kier molecular flexibility index (Phi) is 4.11. The fraction of sp³-hybridized carbons (Fsp3) is 0.238. The zero-order chi connectivity index (χ0) is 18.3. The van der Waals surface area contributed by atoms with Gasteiger partial charge in [-0.1, -0.05) is 18.2 Å². The van der Waals surface area contributed by atoms with Gasteiger partial charge < -0.3 is 9.67 Å². The summed E-state index contributed by atoms with van der Waals surface area (Å²) in [4.78, 5) is 0.321. The van der Waals surface area contributed by atoms with Crippen molar-refractivity contribution >= 4 is 9.84 Å². The molecule has 0 spiro atoms. The number of sulfone groups is 1. The Morgan fingerprint density at radius 1 is 0.962 bits per heavy atom. The number of nitrogens with zero attached hydrogens (tertiary/aromatic N) is 1. The molecule has 0 radical (unpaired) electrons. The number of aryl methyl sites for hydroxylation is 1. The molecule has 0 aliphatic heterocycles. The van der Waals surface area contributed by atoms with E-state index in [4.69, 9.17) is 0 Å². The van der Waals surface area contributed by atoms with Gasteiger partial charge in [0.25, 0.3) is 0 Å². The van der Waals surface area contributed by atoms with Crippen molar-refractivity contribution in [3.8, 4) is 22.7 Å². The Morgan fingerprint density at radius 2 is 1.69 bits per heavy atom. The first-order valence-corrected chi connectivity index (χ1v) is 10.7. The number of hydrogen-bond acceptors (Lipinski definition) is 3. The lowest BCUT2D eigenvalue weighted by atomic mass is 9.98. The third kappa shape index (κ3) is 3.03. The fourth-order valence-corrected chi connectivity index (χ4v) is 4.34. The number of hydrogen-bond donors (Lipinski definition) is 1. The molecule has 0 saturated heterocycles. The summed E-state index contributed by atoms with van der Waals surface area (Å²) >= 11 is 0. The molecule has 0 saturated carbocycles. The van der Waals surface area contributed by atoms with Crippen molar-refractivity contribution in [1.82, 2.24) is 4.57 Å². The molecular formula is C21H21NO3S. The lowest BCUT2D eigenvalue weighted by Crippen LogP contribution is -2.07. The summed E-state index contributed by atoms with van der Waals surface area (Å²) in [6.07, 6.45) is 5.62. The Hall–Kier alpha value is -2.53. The van der Waals surface area contributed by atoms with Crippen LogP contribution in [0.4, 0.5) is 0 Å². The van der Waals surface area contributed by atoms with Gasteiger partial charge in [-0.3, -0.25) is 0 Å². The molecule has 1 aliphatic rings. The van der Waals surface area contributed by atoms with Crippen molar-refractivity contribution in [3.05, 3.63) is 65.9 Å². The Labute approximate surface area is 153 Å². The third-order valence-electron chi connectivity index (χ3n) is 4.97. The number of benzene rings is 2. The molecule has 2 aromatic carbocycles. The van der Waals surface area contributed by atoms with Gasteiger partial charge in [0.05, 0.1) is 10.6 Å². The van der Waals surface area contributed by atoms with E-state index in [9.17, 15) is 13.5 Å². The number of phenolic OH excluding ortho intramolecular Hbond substituents is 1. The van der Waals surface area contributed by atoms with Gasteiger partial charge in [-0.25, -0.2) is 8.42 Å². The number of fused-ring (bicyclic) bond motifs is 1. The van der Waals surface area contributed by atoms with Crippen LogP contribution in [0.2, 0.25) is 0 Å². The quantitative estimate of drug-likeness (QED) is 0.757. The second-order valence-corrected chi connectivity index (χ2v) is 8.88. The van der Waals surface area contributed by atoms with Crippen LogP contribution in [0.1, 0.15) is 24.1 Å². The molecule has 0 amide bonds. The zero-order valence-corrected chi connectivity index (χ0v) is 15.5. The maximum absolute atomic E-state index is 11.7.